The summed E-state index contributed by atoms with van der Waals surface area (Å²) in [4.78, 5) is 33.4. The number of hydrogen-bond donors (Lipinski definition) is 1. The number of carboxylic acids is 1. The molecule has 1 heterocycles. The fourth-order valence-corrected chi connectivity index (χ4v) is 1.27. The molecule has 0 fully saturated rings. The number of hydrogen-bond acceptors (Lipinski definition) is 3. The van der Waals surface area contributed by atoms with Crippen LogP contribution >= 0.6 is 0 Å². The second kappa shape index (κ2) is 4.12. The minimum Gasteiger partial charge on any atom is -0.480 e. The summed E-state index contributed by atoms with van der Waals surface area (Å²) in [5.41, 5.74) is -1.02. The highest BCUT2D eigenvalue weighted by atomic mass is 16.4. The van der Waals surface area contributed by atoms with Crippen molar-refractivity contribution in [3.8, 4) is 0 Å². The second-order valence-electron chi connectivity index (χ2n) is 3.42. The summed E-state index contributed by atoms with van der Waals surface area (Å²) in [5.74, 6) is -1.12. The molecule has 6 nitrogen and oxygen atoms in total. The zero-order chi connectivity index (χ0) is 11.6. The SMILES string of the molecule is CC(C)n1c(=O)ccn(CC(=O)O)c1=O. The van der Waals surface area contributed by atoms with Gasteiger partial charge in [-0.2, -0.15) is 0 Å². The summed E-state index contributed by atoms with van der Waals surface area (Å²) in [6.45, 7) is 2.94. The third kappa shape index (κ3) is 2.34. The first-order valence-corrected chi connectivity index (χ1v) is 4.47. The third-order valence-corrected chi connectivity index (χ3v) is 1.91. The predicted octanol–water partition coefficient (Wildman–Crippen LogP) is -0.325. The van der Waals surface area contributed by atoms with Crippen molar-refractivity contribution >= 4 is 5.97 Å². The standard InChI is InChI=1S/C9H12N2O4/c1-6(2)11-7(12)3-4-10(9(11)15)5-8(13)14/h3-4,6H,5H2,1-2H3,(H,13,14). The van der Waals surface area contributed by atoms with Gasteiger partial charge in [-0.3, -0.25) is 18.7 Å². The monoisotopic (exact) mass is 212 g/mol. The Labute approximate surface area is 85.4 Å². The van der Waals surface area contributed by atoms with E-state index in [1.165, 1.54) is 12.3 Å². The highest BCUT2D eigenvalue weighted by molar-refractivity contribution is 5.66. The van der Waals surface area contributed by atoms with Gasteiger partial charge in [0.15, 0.2) is 0 Å². The molecule has 15 heavy (non-hydrogen) atoms. The van der Waals surface area contributed by atoms with E-state index in [1.807, 2.05) is 0 Å². The van der Waals surface area contributed by atoms with E-state index in [0.717, 1.165) is 9.13 Å². The third-order valence-electron chi connectivity index (χ3n) is 1.91. The first kappa shape index (κ1) is 11.2. The molecule has 0 bridgehead atoms. The largest absolute Gasteiger partial charge is 0.480 e. The van der Waals surface area contributed by atoms with Gasteiger partial charge in [0.25, 0.3) is 5.56 Å². The number of carbonyl (C=O) groups is 1. The van der Waals surface area contributed by atoms with Gasteiger partial charge in [-0.25, -0.2) is 4.79 Å². The van der Waals surface area contributed by atoms with E-state index in [0.29, 0.717) is 0 Å². The topological polar surface area (TPSA) is 81.3 Å². The Bertz CT molecular complexity index is 484. The van der Waals surface area contributed by atoms with Crippen molar-refractivity contribution in [3.05, 3.63) is 33.1 Å². The van der Waals surface area contributed by atoms with Crippen LogP contribution in [-0.4, -0.2) is 20.2 Å². The Kier molecular flexibility index (Phi) is 3.08. The van der Waals surface area contributed by atoms with Crippen LogP contribution in [0.5, 0.6) is 0 Å². The molecule has 1 aromatic rings. The summed E-state index contributed by atoms with van der Waals surface area (Å²) in [6.07, 6.45) is 1.19. The highest BCUT2D eigenvalue weighted by Crippen LogP contribution is 1.93. The molecule has 1 rings (SSSR count). The van der Waals surface area contributed by atoms with E-state index >= 15 is 0 Å². The van der Waals surface area contributed by atoms with Crippen molar-refractivity contribution < 1.29 is 9.90 Å². The van der Waals surface area contributed by atoms with E-state index in [2.05, 4.69) is 0 Å². The zero-order valence-electron chi connectivity index (χ0n) is 8.51. The maximum atomic E-state index is 11.6. The molecule has 0 radical (unpaired) electrons. The fraction of sp³-hybridized carbons (Fsp3) is 0.444. The lowest BCUT2D eigenvalue weighted by molar-refractivity contribution is -0.137. The first-order valence-electron chi connectivity index (χ1n) is 4.47. The number of aliphatic carboxylic acids is 1. The van der Waals surface area contributed by atoms with Crippen molar-refractivity contribution in [3.63, 3.8) is 0 Å². The van der Waals surface area contributed by atoms with Crippen molar-refractivity contribution in [1.82, 2.24) is 9.13 Å². The molecule has 0 saturated carbocycles. The molecule has 1 N–H and O–H groups in total. The van der Waals surface area contributed by atoms with Crippen LogP contribution in [0.1, 0.15) is 19.9 Å². The Morgan fingerprint density at radius 3 is 2.53 bits per heavy atom. The molecule has 82 valence electrons. The van der Waals surface area contributed by atoms with Crippen LogP contribution in [0.15, 0.2) is 21.9 Å². The van der Waals surface area contributed by atoms with Crippen LogP contribution in [-0.2, 0) is 11.3 Å². The summed E-state index contributed by atoms with van der Waals surface area (Å²) in [7, 11) is 0. The van der Waals surface area contributed by atoms with E-state index in [4.69, 9.17) is 5.11 Å². The van der Waals surface area contributed by atoms with E-state index in [-0.39, 0.29) is 6.04 Å². The molecule has 0 aliphatic rings. The van der Waals surface area contributed by atoms with Crippen LogP contribution in [0.4, 0.5) is 0 Å². The van der Waals surface area contributed by atoms with E-state index < -0.39 is 23.8 Å². The Hall–Kier alpha value is -1.85. The summed E-state index contributed by atoms with van der Waals surface area (Å²) < 4.78 is 2.01. The predicted molar refractivity (Wildman–Crippen MR) is 53.0 cm³/mol. The molecular weight excluding hydrogens is 200 g/mol. The molecule has 1 aromatic heterocycles. The molecule has 0 aliphatic carbocycles. The normalized spacial score (nSPS) is 10.6. The van der Waals surface area contributed by atoms with Crippen LogP contribution in [0.3, 0.4) is 0 Å². The van der Waals surface area contributed by atoms with Gasteiger partial charge in [-0.05, 0) is 13.8 Å². The zero-order valence-corrected chi connectivity index (χ0v) is 8.51. The van der Waals surface area contributed by atoms with Gasteiger partial charge >= 0.3 is 11.7 Å². The van der Waals surface area contributed by atoms with Crippen LogP contribution in [0, 0.1) is 0 Å². The van der Waals surface area contributed by atoms with Gasteiger partial charge in [0.1, 0.15) is 6.54 Å². The number of rotatable bonds is 3. The van der Waals surface area contributed by atoms with Gasteiger partial charge in [0.05, 0.1) is 0 Å². The average Bonchev–Trinajstić information content (AvgIpc) is 2.09. The molecule has 0 spiro atoms. The van der Waals surface area contributed by atoms with E-state index in [1.54, 1.807) is 13.8 Å². The Balaban J connectivity index is 3.35. The average molecular weight is 212 g/mol. The van der Waals surface area contributed by atoms with Gasteiger partial charge in [-0.1, -0.05) is 0 Å². The molecule has 0 aromatic carbocycles. The minimum absolute atomic E-state index is 0.286. The lowest BCUT2D eigenvalue weighted by Gasteiger charge is -2.10. The number of carboxylic acid groups (broad SMARTS) is 1. The molecule has 0 unspecified atom stereocenters. The quantitative estimate of drug-likeness (QED) is 0.744. The summed E-state index contributed by atoms with van der Waals surface area (Å²) >= 11 is 0. The summed E-state index contributed by atoms with van der Waals surface area (Å²) in [5, 5.41) is 8.54. The van der Waals surface area contributed by atoms with Crippen molar-refractivity contribution in [2.45, 2.75) is 26.4 Å². The van der Waals surface area contributed by atoms with Gasteiger partial charge in [-0.15, -0.1) is 0 Å². The fourth-order valence-electron chi connectivity index (χ4n) is 1.27. The molecule has 0 atom stereocenters. The first-order chi connectivity index (χ1) is 6.93. The Morgan fingerprint density at radius 1 is 1.47 bits per heavy atom. The van der Waals surface area contributed by atoms with Gasteiger partial charge < -0.3 is 5.11 Å². The van der Waals surface area contributed by atoms with E-state index in [9.17, 15) is 14.4 Å². The minimum atomic E-state index is -1.12. The smallest absolute Gasteiger partial charge is 0.331 e. The second-order valence-corrected chi connectivity index (χ2v) is 3.42. The van der Waals surface area contributed by atoms with Crippen LogP contribution in [0.2, 0.25) is 0 Å². The number of nitrogens with zero attached hydrogens (tertiary/aromatic N) is 2. The lowest BCUT2D eigenvalue weighted by atomic mass is 10.4. The summed E-state index contributed by atoms with van der Waals surface area (Å²) in [6, 6.07) is 0.899. The molecule has 6 heteroatoms. The number of aromatic nitrogens is 2. The van der Waals surface area contributed by atoms with Crippen LogP contribution in [0.25, 0.3) is 0 Å². The van der Waals surface area contributed by atoms with Crippen molar-refractivity contribution in [2.75, 3.05) is 0 Å². The van der Waals surface area contributed by atoms with Gasteiger partial charge in [0.2, 0.25) is 0 Å². The Morgan fingerprint density at radius 2 is 2.07 bits per heavy atom. The van der Waals surface area contributed by atoms with Crippen molar-refractivity contribution in [2.24, 2.45) is 0 Å². The lowest BCUT2D eigenvalue weighted by Crippen LogP contribution is -2.40. The molecule has 0 aliphatic heterocycles. The molecule has 0 saturated heterocycles. The highest BCUT2D eigenvalue weighted by Gasteiger charge is 2.09. The van der Waals surface area contributed by atoms with Crippen LogP contribution < -0.4 is 11.2 Å². The maximum absolute atomic E-state index is 11.6. The molecular formula is C9H12N2O4. The maximum Gasteiger partial charge on any atom is 0.331 e. The van der Waals surface area contributed by atoms with Gasteiger partial charge in [0, 0.05) is 18.3 Å². The van der Waals surface area contributed by atoms with Crippen molar-refractivity contribution in [1.29, 1.82) is 0 Å². The molecule has 0 amide bonds.